The Morgan fingerprint density at radius 3 is 3.00 bits per heavy atom. The van der Waals surface area contributed by atoms with E-state index >= 15 is 0 Å². The Kier molecular flexibility index (Phi) is 1.96. The van der Waals surface area contributed by atoms with Crippen LogP contribution >= 0.6 is 0 Å². The highest BCUT2D eigenvalue weighted by molar-refractivity contribution is 5.86. The average molecular weight is 190 g/mol. The lowest BCUT2D eigenvalue weighted by Gasteiger charge is -1.99. The molecule has 0 saturated heterocycles. The SMILES string of the molecule is CCc1cccc2nc(C(=O)O)cn12. The van der Waals surface area contributed by atoms with E-state index in [9.17, 15) is 4.79 Å². The number of carboxylic acid groups (broad SMARTS) is 1. The summed E-state index contributed by atoms with van der Waals surface area (Å²) >= 11 is 0. The van der Waals surface area contributed by atoms with Crippen molar-refractivity contribution in [1.29, 1.82) is 0 Å². The maximum Gasteiger partial charge on any atom is 0.356 e. The van der Waals surface area contributed by atoms with Gasteiger partial charge in [0.1, 0.15) is 5.65 Å². The van der Waals surface area contributed by atoms with Crippen LogP contribution < -0.4 is 0 Å². The number of carboxylic acids is 1. The first-order valence-electron chi connectivity index (χ1n) is 4.42. The van der Waals surface area contributed by atoms with Crippen LogP contribution in [0.3, 0.4) is 0 Å². The highest BCUT2D eigenvalue weighted by Gasteiger charge is 2.09. The minimum Gasteiger partial charge on any atom is -0.476 e. The second kappa shape index (κ2) is 3.14. The Morgan fingerprint density at radius 2 is 2.36 bits per heavy atom. The van der Waals surface area contributed by atoms with Gasteiger partial charge in [-0.25, -0.2) is 9.78 Å². The molecule has 72 valence electrons. The molecular formula is C10H10N2O2. The maximum atomic E-state index is 10.7. The van der Waals surface area contributed by atoms with E-state index in [0.717, 1.165) is 12.1 Å². The van der Waals surface area contributed by atoms with Gasteiger partial charge in [-0.15, -0.1) is 0 Å². The molecule has 0 amide bonds. The van der Waals surface area contributed by atoms with Gasteiger partial charge in [0.15, 0.2) is 5.69 Å². The minimum atomic E-state index is -0.990. The normalized spacial score (nSPS) is 10.6. The van der Waals surface area contributed by atoms with Crippen molar-refractivity contribution in [2.75, 3.05) is 0 Å². The van der Waals surface area contributed by atoms with Gasteiger partial charge in [-0.05, 0) is 18.6 Å². The third-order valence-corrected chi connectivity index (χ3v) is 2.16. The Labute approximate surface area is 80.8 Å². The Balaban J connectivity index is 2.70. The van der Waals surface area contributed by atoms with Crippen LogP contribution in [0, 0.1) is 0 Å². The number of nitrogens with zero attached hydrogens (tertiary/aromatic N) is 2. The van der Waals surface area contributed by atoms with Gasteiger partial charge in [0.2, 0.25) is 0 Å². The van der Waals surface area contributed by atoms with E-state index in [1.165, 1.54) is 0 Å². The molecule has 0 radical (unpaired) electrons. The third kappa shape index (κ3) is 1.25. The van der Waals surface area contributed by atoms with Gasteiger partial charge >= 0.3 is 5.97 Å². The lowest BCUT2D eigenvalue weighted by Crippen LogP contribution is -1.95. The molecule has 0 unspecified atom stereocenters. The van der Waals surface area contributed by atoms with Crippen molar-refractivity contribution in [3.05, 3.63) is 35.8 Å². The number of aromatic carboxylic acids is 1. The number of carbonyl (C=O) groups is 1. The van der Waals surface area contributed by atoms with E-state index in [2.05, 4.69) is 4.98 Å². The minimum absolute atomic E-state index is 0.0888. The number of hydrogen-bond donors (Lipinski definition) is 1. The van der Waals surface area contributed by atoms with Crippen LogP contribution in [0.1, 0.15) is 23.1 Å². The fourth-order valence-electron chi connectivity index (χ4n) is 1.46. The van der Waals surface area contributed by atoms with Crippen LogP contribution in [-0.2, 0) is 6.42 Å². The van der Waals surface area contributed by atoms with Crippen LogP contribution in [0.5, 0.6) is 0 Å². The van der Waals surface area contributed by atoms with Gasteiger partial charge in [0.05, 0.1) is 0 Å². The first kappa shape index (κ1) is 8.74. The van der Waals surface area contributed by atoms with Crippen molar-refractivity contribution in [1.82, 2.24) is 9.38 Å². The maximum absolute atomic E-state index is 10.7. The van der Waals surface area contributed by atoms with Gasteiger partial charge < -0.3 is 9.51 Å². The van der Waals surface area contributed by atoms with Crippen LogP contribution in [-0.4, -0.2) is 20.5 Å². The quantitative estimate of drug-likeness (QED) is 0.782. The molecule has 0 bridgehead atoms. The van der Waals surface area contributed by atoms with Crippen molar-refractivity contribution in [3.63, 3.8) is 0 Å². The monoisotopic (exact) mass is 190 g/mol. The summed E-state index contributed by atoms with van der Waals surface area (Å²) in [5.41, 5.74) is 1.83. The molecule has 2 aromatic heterocycles. The number of pyridine rings is 1. The molecular weight excluding hydrogens is 180 g/mol. The molecule has 2 heterocycles. The highest BCUT2D eigenvalue weighted by Crippen LogP contribution is 2.09. The van der Waals surface area contributed by atoms with E-state index in [0.29, 0.717) is 5.65 Å². The van der Waals surface area contributed by atoms with Gasteiger partial charge in [-0.3, -0.25) is 0 Å². The number of rotatable bonds is 2. The summed E-state index contributed by atoms with van der Waals surface area (Å²) in [6.07, 6.45) is 2.41. The first-order chi connectivity index (χ1) is 6.72. The Hall–Kier alpha value is -1.84. The Morgan fingerprint density at radius 1 is 1.57 bits per heavy atom. The molecule has 0 aliphatic heterocycles. The van der Waals surface area contributed by atoms with E-state index in [4.69, 9.17) is 5.11 Å². The zero-order valence-corrected chi connectivity index (χ0v) is 7.77. The summed E-state index contributed by atoms with van der Waals surface area (Å²) in [7, 11) is 0. The van der Waals surface area contributed by atoms with Crippen molar-refractivity contribution in [3.8, 4) is 0 Å². The number of fused-ring (bicyclic) bond motifs is 1. The molecule has 0 fully saturated rings. The van der Waals surface area contributed by atoms with Gasteiger partial charge in [0.25, 0.3) is 0 Å². The topological polar surface area (TPSA) is 54.6 Å². The molecule has 4 heteroatoms. The molecule has 0 spiro atoms. The van der Waals surface area contributed by atoms with Crippen LogP contribution in [0.25, 0.3) is 5.65 Å². The van der Waals surface area contributed by atoms with Gasteiger partial charge in [-0.2, -0.15) is 0 Å². The third-order valence-electron chi connectivity index (χ3n) is 2.16. The lowest BCUT2D eigenvalue weighted by atomic mass is 10.3. The van der Waals surface area contributed by atoms with Crippen molar-refractivity contribution in [2.24, 2.45) is 0 Å². The summed E-state index contributed by atoms with van der Waals surface area (Å²) in [5, 5.41) is 8.77. The lowest BCUT2D eigenvalue weighted by molar-refractivity contribution is 0.0691. The largest absolute Gasteiger partial charge is 0.476 e. The molecule has 1 N–H and O–H groups in total. The van der Waals surface area contributed by atoms with E-state index < -0.39 is 5.97 Å². The summed E-state index contributed by atoms with van der Waals surface area (Å²) < 4.78 is 1.81. The molecule has 2 aromatic rings. The van der Waals surface area contributed by atoms with Crippen molar-refractivity contribution >= 4 is 11.6 Å². The molecule has 0 aliphatic rings. The number of aryl methyl sites for hydroxylation is 1. The van der Waals surface area contributed by atoms with Gasteiger partial charge in [0, 0.05) is 11.9 Å². The zero-order valence-electron chi connectivity index (χ0n) is 7.77. The van der Waals surface area contributed by atoms with Crippen LogP contribution in [0.4, 0.5) is 0 Å². The molecule has 0 aliphatic carbocycles. The standard InChI is InChI=1S/C10H10N2O2/c1-2-7-4-3-5-9-11-8(10(13)14)6-12(7)9/h3-6H,2H2,1H3,(H,13,14). The molecule has 2 rings (SSSR count). The predicted molar refractivity (Wildman–Crippen MR) is 51.5 cm³/mol. The molecule has 0 saturated carbocycles. The van der Waals surface area contributed by atoms with Crippen molar-refractivity contribution in [2.45, 2.75) is 13.3 Å². The number of aromatic nitrogens is 2. The second-order valence-corrected chi connectivity index (χ2v) is 3.03. The van der Waals surface area contributed by atoms with Crippen molar-refractivity contribution < 1.29 is 9.90 Å². The van der Waals surface area contributed by atoms with Gasteiger partial charge in [-0.1, -0.05) is 13.0 Å². The highest BCUT2D eigenvalue weighted by atomic mass is 16.4. The number of imidazole rings is 1. The summed E-state index contributed by atoms with van der Waals surface area (Å²) in [4.78, 5) is 14.7. The zero-order chi connectivity index (χ0) is 10.1. The fraction of sp³-hybridized carbons (Fsp3) is 0.200. The van der Waals surface area contributed by atoms with E-state index in [-0.39, 0.29) is 5.69 Å². The predicted octanol–water partition coefficient (Wildman–Crippen LogP) is 1.59. The van der Waals surface area contributed by atoms with E-state index in [1.807, 2.05) is 23.5 Å². The Bertz CT molecular complexity index is 488. The molecule has 14 heavy (non-hydrogen) atoms. The summed E-state index contributed by atoms with van der Waals surface area (Å²) in [6.45, 7) is 2.02. The number of hydrogen-bond acceptors (Lipinski definition) is 2. The van der Waals surface area contributed by atoms with Crippen LogP contribution in [0.15, 0.2) is 24.4 Å². The first-order valence-corrected chi connectivity index (χ1v) is 4.42. The van der Waals surface area contributed by atoms with Crippen LogP contribution in [0.2, 0.25) is 0 Å². The molecule has 0 atom stereocenters. The molecule has 4 nitrogen and oxygen atoms in total. The fourth-order valence-corrected chi connectivity index (χ4v) is 1.46. The summed E-state index contributed by atoms with van der Waals surface area (Å²) in [6, 6.07) is 5.64. The second-order valence-electron chi connectivity index (χ2n) is 3.03. The smallest absolute Gasteiger partial charge is 0.356 e. The average Bonchev–Trinajstić information content (AvgIpc) is 2.60. The molecule has 0 aromatic carbocycles. The summed E-state index contributed by atoms with van der Waals surface area (Å²) in [5.74, 6) is -0.990. The van der Waals surface area contributed by atoms with E-state index in [1.54, 1.807) is 12.3 Å².